The average molecular weight is 315 g/mol. The minimum atomic E-state index is -0.421. The fourth-order valence-corrected chi connectivity index (χ4v) is 3.09. The third-order valence-corrected chi connectivity index (χ3v) is 4.53. The molecule has 0 radical (unpaired) electrons. The molecule has 3 rings (SSSR count). The maximum absolute atomic E-state index is 12.5. The molecule has 6 nitrogen and oxygen atoms in total. The van der Waals surface area contributed by atoms with E-state index in [9.17, 15) is 14.7 Å². The number of carbonyl (C=O) groups excluding carboxylic acids is 1. The lowest BCUT2D eigenvalue weighted by molar-refractivity contribution is -0.134. The molecule has 1 aromatic carbocycles. The van der Waals surface area contributed by atoms with E-state index in [4.69, 9.17) is 0 Å². The van der Waals surface area contributed by atoms with E-state index in [-0.39, 0.29) is 23.9 Å². The van der Waals surface area contributed by atoms with Gasteiger partial charge in [-0.3, -0.25) is 14.2 Å². The summed E-state index contributed by atoms with van der Waals surface area (Å²) in [5.41, 5.74) is 0.432. The Hall–Kier alpha value is -2.21. The maximum atomic E-state index is 12.5. The number of aromatic nitrogens is 2. The highest BCUT2D eigenvalue weighted by atomic mass is 16.3. The number of piperidine rings is 1. The van der Waals surface area contributed by atoms with Crippen LogP contribution in [-0.4, -0.2) is 44.7 Å². The monoisotopic (exact) mass is 315 g/mol. The zero-order chi connectivity index (χ0) is 16.4. The van der Waals surface area contributed by atoms with E-state index in [1.165, 1.54) is 10.9 Å². The van der Waals surface area contributed by atoms with Crippen LogP contribution in [0.15, 0.2) is 35.4 Å². The summed E-state index contributed by atoms with van der Waals surface area (Å²) < 4.78 is 1.36. The first-order valence-electron chi connectivity index (χ1n) is 7.96. The van der Waals surface area contributed by atoms with Crippen LogP contribution in [0.4, 0.5) is 0 Å². The quantitative estimate of drug-likeness (QED) is 0.917. The Kier molecular flexibility index (Phi) is 4.43. The highest BCUT2D eigenvalue weighted by Gasteiger charge is 2.26. The molecule has 2 heterocycles. The van der Waals surface area contributed by atoms with Crippen LogP contribution >= 0.6 is 0 Å². The van der Waals surface area contributed by atoms with Crippen molar-refractivity contribution in [3.05, 3.63) is 40.9 Å². The minimum absolute atomic E-state index is 0.0107. The molecule has 0 spiro atoms. The van der Waals surface area contributed by atoms with E-state index in [2.05, 4.69) is 4.98 Å². The van der Waals surface area contributed by atoms with Gasteiger partial charge in [-0.2, -0.15) is 0 Å². The fourth-order valence-electron chi connectivity index (χ4n) is 3.09. The molecule has 1 fully saturated rings. The van der Waals surface area contributed by atoms with Crippen molar-refractivity contribution in [2.45, 2.75) is 32.4 Å². The Morgan fingerprint density at radius 1 is 1.43 bits per heavy atom. The van der Waals surface area contributed by atoms with Crippen LogP contribution < -0.4 is 5.56 Å². The van der Waals surface area contributed by atoms with Crippen molar-refractivity contribution in [2.24, 2.45) is 5.92 Å². The molecule has 2 aromatic rings. The first-order chi connectivity index (χ1) is 11.1. The highest BCUT2D eigenvalue weighted by molar-refractivity contribution is 5.79. The molecule has 2 atom stereocenters. The predicted molar refractivity (Wildman–Crippen MR) is 87.0 cm³/mol. The Morgan fingerprint density at radius 2 is 2.22 bits per heavy atom. The number of likely N-dealkylation sites (tertiary alicyclic amines) is 1. The van der Waals surface area contributed by atoms with Crippen LogP contribution in [0.5, 0.6) is 0 Å². The van der Waals surface area contributed by atoms with Gasteiger partial charge in [0.1, 0.15) is 6.54 Å². The van der Waals surface area contributed by atoms with E-state index in [0.717, 1.165) is 12.8 Å². The SMILES string of the molecule is CC(O)C1CCCN(C(=O)Cn2cnc3ccccc3c2=O)C1. The molecule has 1 aliphatic rings. The van der Waals surface area contributed by atoms with Gasteiger partial charge in [-0.25, -0.2) is 4.98 Å². The third-order valence-electron chi connectivity index (χ3n) is 4.53. The lowest BCUT2D eigenvalue weighted by Gasteiger charge is -2.34. The molecule has 6 heteroatoms. The first-order valence-corrected chi connectivity index (χ1v) is 7.96. The minimum Gasteiger partial charge on any atom is -0.393 e. The highest BCUT2D eigenvalue weighted by Crippen LogP contribution is 2.19. The summed E-state index contributed by atoms with van der Waals surface area (Å²) in [4.78, 5) is 30.9. The van der Waals surface area contributed by atoms with Gasteiger partial charge in [0.2, 0.25) is 5.91 Å². The molecule has 0 saturated carbocycles. The maximum Gasteiger partial charge on any atom is 0.261 e. The number of aliphatic hydroxyl groups excluding tert-OH is 1. The molecular formula is C17H21N3O3. The number of nitrogens with zero attached hydrogens (tertiary/aromatic N) is 3. The van der Waals surface area contributed by atoms with E-state index in [0.29, 0.717) is 24.0 Å². The smallest absolute Gasteiger partial charge is 0.261 e. The molecule has 2 unspecified atom stereocenters. The molecule has 0 aliphatic carbocycles. The Labute approximate surface area is 134 Å². The number of fused-ring (bicyclic) bond motifs is 1. The molecule has 122 valence electrons. The topological polar surface area (TPSA) is 75.4 Å². The van der Waals surface area contributed by atoms with Crippen molar-refractivity contribution in [3.63, 3.8) is 0 Å². The van der Waals surface area contributed by atoms with Crippen molar-refractivity contribution in [1.82, 2.24) is 14.5 Å². The lowest BCUT2D eigenvalue weighted by Crippen LogP contribution is -2.45. The van der Waals surface area contributed by atoms with Crippen LogP contribution in [0.25, 0.3) is 10.9 Å². The Bertz CT molecular complexity index is 769. The second-order valence-corrected chi connectivity index (χ2v) is 6.18. The van der Waals surface area contributed by atoms with E-state index >= 15 is 0 Å². The summed E-state index contributed by atoms with van der Waals surface area (Å²) in [7, 11) is 0. The van der Waals surface area contributed by atoms with Crippen LogP contribution in [0.1, 0.15) is 19.8 Å². The van der Waals surface area contributed by atoms with E-state index in [1.54, 1.807) is 30.0 Å². The van der Waals surface area contributed by atoms with Crippen LogP contribution in [0.2, 0.25) is 0 Å². The zero-order valence-electron chi connectivity index (χ0n) is 13.2. The van der Waals surface area contributed by atoms with E-state index < -0.39 is 6.10 Å². The van der Waals surface area contributed by atoms with Crippen molar-refractivity contribution in [2.75, 3.05) is 13.1 Å². The number of hydrogen-bond donors (Lipinski definition) is 1. The largest absolute Gasteiger partial charge is 0.393 e. The molecule has 1 aliphatic heterocycles. The number of rotatable bonds is 3. The van der Waals surface area contributed by atoms with Gasteiger partial charge in [-0.1, -0.05) is 12.1 Å². The van der Waals surface area contributed by atoms with Crippen LogP contribution in [-0.2, 0) is 11.3 Å². The molecule has 23 heavy (non-hydrogen) atoms. The summed E-state index contributed by atoms with van der Waals surface area (Å²) in [6, 6.07) is 7.11. The second-order valence-electron chi connectivity index (χ2n) is 6.18. The number of para-hydroxylation sites is 1. The van der Waals surface area contributed by atoms with Gasteiger partial charge in [0.15, 0.2) is 0 Å². The number of carbonyl (C=O) groups is 1. The summed E-state index contributed by atoms with van der Waals surface area (Å²) in [6.07, 6.45) is 2.82. The van der Waals surface area contributed by atoms with Crippen molar-refractivity contribution < 1.29 is 9.90 Å². The van der Waals surface area contributed by atoms with Gasteiger partial charge >= 0.3 is 0 Å². The first kappa shape index (κ1) is 15.7. The molecule has 1 amide bonds. The average Bonchev–Trinajstić information content (AvgIpc) is 2.57. The number of hydrogen-bond acceptors (Lipinski definition) is 4. The van der Waals surface area contributed by atoms with E-state index in [1.807, 2.05) is 6.07 Å². The Balaban J connectivity index is 1.78. The summed E-state index contributed by atoms with van der Waals surface area (Å²) in [6.45, 7) is 2.98. The number of benzene rings is 1. The number of aliphatic hydroxyl groups is 1. The molecular weight excluding hydrogens is 294 g/mol. The normalized spacial score (nSPS) is 19.7. The van der Waals surface area contributed by atoms with Gasteiger partial charge in [0.05, 0.1) is 23.3 Å². The summed E-state index contributed by atoms with van der Waals surface area (Å²) in [5, 5.41) is 10.2. The summed E-state index contributed by atoms with van der Waals surface area (Å²) in [5.74, 6) is 0.00804. The lowest BCUT2D eigenvalue weighted by atomic mass is 9.93. The van der Waals surface area contributed by atoms with Crippen molar-refractivity contribution >= 4 is 16.8 Å². The molecule has 1 saturated heterocycles. The standard InChI is InChI=1S/C17H21N3O3/c1-12(21)13-5-4-8-19(9-13)16(22)10-20-11-18-15-7-3-2-6-14(15)17(20)23/h2-3,6-7,11-13,21H,4-5,8-10H2,1H3. The van der Waals surface area contributed by atoms with Gasteiger partial charge in [-0.15, -0.1) is 0 Å². The van der Waals surface area contributed by atoms with Crippen LogP contribution in [0, 0.1) is 5.92 Å². The fraction of sp³-hybridized carbons (Fsp3) is 0.471. The molecule has 1 N–H and O–H groups in total. The molecule has 0 bridgehead atoms. The van der Waals surface area contributed by atoms with Gasteiger partial charge < -0.3 is 10.0 Å². The van der Waals surface area contributed by atoms with Gasteiger partial charge in [-0.05, 0) is 31.9 Å². The van der Waals surface area contributed by atoms with Crippen molar-refractivity contribution in [3.8, 4) is 0 Å². The predicted octanol–water partition coefficient (Wildman–Crippen LogP) is 1.02. The third kappa shape index (κ3) is 3.27. The van der Waals surface area contributed by atoms with Crippen LogP contribution in [0.3, 0.4) is 0 Å². The zero-order valence-corrected chi connectivity index (χ0v) is 13.2. The molecule has 1 aromatic heterocycles. The Morgan fingerprint density at radius 3 is 3.00 bits per heavy atom. The van der Waals surface area contributed by atoms with Crippen molar-refractivity contribution in [1.29, 1.82) is 0 Å². The van der Waals surface area contributed by atoms with Gasteiger partial charge in [0.25, 0.3) is 5.56 Å². The van der Waals surface area contributed by atoms with Gasteiger partial charge in [0, 0.05) is 19.0 Å². The summed E-state index contributed by atoms with van der Waals surface area (Å²) >= 11 is 0. The number of amides is 1. The second kappa shape index (κ2) is 6.50.